The second kappa shape index (κ2) is 3.34. The molecule has 2 aromatic heterocycles. The third kappa shape index (κ3) is 1.45. The summed E-state index contributed by atoms with van der Waals surface area (Å²) in [5.41, 5.74) is 0.976. The SMILES string of the molecule is COC(=O)c1ncc2c(F)cc(C)cn12. The zero-order valence-electron chi connectivity index (χ0n) is 8.32. The van der Waals surface area contributed by atoms with E-state index in [1.165, 1.54) is 23.8 Å². The molecule has 0 saturated heterocycles. The molecular formula is C10H9FN2O2. The maximum atomic E-state index is 13.4. The lowest BCUT2D eigenvalue weighted by molar-refractivity contribution is 0.0586. The third-order valence-electron chi connectivity index (χ3n) is 2.10. The van der Waals surface area contributed by atoms with Gasteiger partial charge in [0.05, 0.1) is 13.3 Å². The van der Waals surface area contributed by atoms with Gasteiger partial charge in [0, 0.05) is 6.20 Å². The monoisotopic (exact) mass is 208 g/mol. The molecule has 2 aromatic rings. The number of hydrogen-bond donors (Lipinski definition) is 0. The molecule has 0 aliphatic rings. The highest BCUT2D eigenvalue weighted by molar-refractivity contribution is 5.86. The van der Waals surface area contributed by atoms with Gasteiger partial charge in [-0.05, 0) is 18.6 Å². The van der Waals surface area contributed by atoms with E-state index in [9.17, 15) is 9.18 Å². The van der Waals surface area contributed by atoms with Crippen LogP contribution in [0.1, 0.15) is 16.2 Å². The molecule has 2 rings (SSSR count). The molecule has 2 heterocycles. The highest BCUT2D eigenvalue weighted by Crippen LogP contribution is 2.14. The summed E-state index contributed by atoms with van der Waals surface area (Å²) >= 11 is 0. The molecule has 15 heavy (non-hydrogen) atoms. The van der Waals surface area contributed by atoms with Crippen LogP contribution in [-0.2, 0) is 4.74 Å². The first kappa shape index (κ1) is 9.64. The molecule has 0 aromatic carbocycles. The molecule has 0 N–H and O–H groups in total. The zero-order valence-corrected chi connectivity index (χ0v) is 8.32. The summed E-state index contributed by atoms with van der Waals surface area (Å²) in [7, 11) is 1.26. The van der Waals surface area contributed by atoms with Crippen LogP contribution in [0.3, 0.4) is 0 Å². The summed E-state index contributed by atoms with van der Waals surface area (Å²) in [6.45, 7) is 1.74. The minimum atomic E-state index is -0.583. The van der Waals surface area contributed by atoms with Crippen molar-refractivity contribution in [2.45, 2.75) is 6.92 Å². The number of aromatic nitrogens is 2. The Bertz CT molecular complexity index is 533. The fraction of sp³-hybridized carbons (Fsp3) is 0.200. The first-order valence-electron chi connectivity index (χ1n) is 4.35. The second-order valence-electron chi connectivity index (χ2n) is 3.19. The number of methoxy groups -OCH3 is 1. The highest BCUT2D eigenvalue weighted by Gasteiger charge is 2.15. The van der Waals surface area contributed by atoms with E-state index < -0.39 is 11.8 Å². The van der Waals surface area contributed by atoms with Gasteiger partial charge < -0.3 is 4.74 Å². The Balaban J connectivity index is 2.74. The largest absolute Gasteiger partial charge is 0.463 e. The molecule has 0 unspecified atom stereocenters. The van der Waals surface area contributed by atoms with Crippen molar-refractivity contribution in [3.63, 3.8) is 0 Å². The normalized spacial score (nSPS) is 10.6. The van der Waals surface area contributed by atoms with E-state index in [4.69, 9.17) is 0 Å². The van der Waals surface area contributed by atoms with Crippen LogP contribution < -0.4 is 0 Å². The Morgan fingerprint density at radius 1 is 1.60 bits per heavy atom. The number of rotatable bonds is 1. The van der Waals surface area contributed by atoms with E-state index in [1.807, 2.05) is 0 Å². The first-order chi connectivity index (χ1) is 7.13. The number of esters is 1. The number of ether oxygens (including phenoxy) is 1. The number of aryl methyl sites for hydroxylation is 1. The van der Waals surface area contributed by atoms with Crippen LogP contribution in [0.5, 0.6) is 0 Å². The summed E-state index contributed by atoms with van der Waals surface area (Å²) in [5, 5.41) is 0. The Kier molecular flexibility index (Phi) is 2.15. The molecule has 0 fully saturated rings. The van der Waals surface area contributed by atoms with Crippen molar-refractivity contribution in [2.75, 3.05) is 7.11 Å². The fourth-order valence-corrected chi connectivity index (χ4v) is 1.43. The summed E-state index contributed by atoms with van der Waals surface area (Å²) in [4.78, 5) is 15.1. The predicted molar refractivity (Wildman–Crippen MR) is 51.2 cm³/mol. The lowest BCUT2D eigenvalue weighted by Crippen LogP contribution is -2.07. The molecule has 0 aliphatic heterocycles. The lowest BCUT2D eigenvalue weighted by atomic mass is 10.3. The molecule has 5 heteroatoms. The Labute approximate surface area is 85.3 Å². The predicted octanol–water partition coefficient (Wildman–Crippen LogP) is 1.57. The van der Waals surface area contributed by atoms with Crippen LogP contribution in [0, 0.1) is 12.7 Å². The lowest BCUT2D eigenvalue weighted by Gasteiger charge is -2.01. The molecule has 4 nitrogen and oxygen atoms in total. The summed E-state index contributed by atoms with van der Waals surface area (Å²) in [6.07, 6.45) is 2.94. The Morgan fingerprint density at radius 3 is 3.00 bits per heavy atom. The maximum absolute atomic E-state index is 13.4. The number of nitrogens with zero attached hydrogens (tertiary/aromatic N) is 2. The average molecular weight is 208 g/mol. The van der Waals surface area contributed by atoms with Crippen LogP contribution in [0.2, 0.25) is 0 Å². The maximum Gasteiger partial charge on any atom is 0.374 e. The fourth-order valence-electron chi connectivity index (χ4n) is 1.43. The van der Waals surface area contributed by atoms with E-state index in [-0.39, 0.29) is 11.3 Å². The number of carbonyl (C=O) groups excluding carboxylic acids is 1. The van der Waals surface area contributed by atoms with Crippen LogP contribution >= 0.6 is 0 Å². The van der Waals surface area contributed by atoms with Crippen molar-refractivity contribution < 1.29 is 13.9 Å². The zero-order chi connectivity index (χ0) is 11.0. The molecular weight excluding hydrogens is 199 g/mol. The van der Waals surface area contributed by atoms with E-state index in [1.54, 1.807) is 13.1 Å². The van der Waals surface area contributed by atoms with Gasteiger partial charge in [0.1, 0.15) is 11.3 Å². The molecule has 0 saturated carbocycles. The number of pyridine rings is 1. The molecule has 0 atom stereocenters. The number of halogens is 1. The standard InChI is InChI=1S/C10H9FN2O2/c1-6-3-7(11)8-4-12-9(10(14)15-2)13(8)5-6/h3-5H,1-2H3. The highest BCUT2D eigenvalue weighted by atomic mass is 19.1. The van der Waals surface area contributed by atoms with Gasteiger partial charge in [-0.15, -0.1) is 0 Å². The van der Waals surface area contributed by atoms with Crippen molar-refractivity contribution in [3.8, 4) is 0 Å². The second-order valence-corrected chi connectivity index (χ2v) is 3.19. The summed E-state index contributed by atoms with van der Waals surface area (Å²) in [5.74, 6) is -0.909. The van der Waals surface area contributed by atoms with Gasteiger partial charge in [-0.1, -0.05) is 0 Å². The van der Waals surface area contributed by atoms with Crippen molar-refractivity contribution in [3.05, 3.63) is 35.7 Å². The van der Waals surface area contributed by atoms with Crippen molar-refractivity contribution in [1.29, 1.82) is 0 Å². The Hall–Kier alpha value is -1.91. The molecule has 78 valence electrons. The molecule has 0 spiro atoms. The molecule has 0 aliphatic carbocycles. The van der Waals surface area contributed by atoms with Gasteiger partial charge in [-0.3, -0.25) is 4.40 Å². The van der Waals surface area contributed by atoms with Gasteiger partial charge >= 0.3 is 5.97 Å². The number of carbonyl (C=O) groups is 1. The molecule has 0 radical (unpaired) electrons. The van der Waals surface area contributed by atoms with Crippen LogP contribution in [0.25, 0.3) is 5.52 Å². The number of fused-ring (bicyclic) bond motifs is 1. The van der Waals surface area contributed by atoms with Gasteiger partial charge in [-0.25, -0.2) is 14.2 Å². The van der Waals surface area contributed by atoms with E-state index in [0.717, 1.165) is 0 Å². The topological polar surface area (TPSA) is 43.6 Å². The minimum absolute atomic E-state index is 0.0788. The van der Waals surface area contributed by atoms with Gasteiger partial charge in [-0.2, -0.15) is 0 Å². The van der Waals surface area contributed by atoms with Crippen LogP contribution in [-0.4, -0.2) is 22.5 Å². The summed E-state index contributed by atoms with van der Waals surface area (Å²) in [6, 6.07) is 1.39. The number of imidazole rings is 1. The third-order valence-corrected chi connectivity index (χ3v) is 2.10. The van der Waals surface area contributed by atoms with Crippen LogP contribution in [0.15, 0.2) is 18.5 Å². The average Bonchev–Trinajstić information content (AvgIpc) is 2.60. The van der Waals surface area contributed by atoms with Gasteiger partial charge in [0.15, 0.2) is 0 Å². The van der Waals surface area contributed by atoms with E-state index in [2.05, 4.69) is 9.72 Å². The van der Waals surface area contributed by atoms with Gasteiger partial charge in [0.2, 0.25) is 5.82 Å². The number of hydrogen-bond acceptors (Lipinski definition) is 3. The van der Waals surface area contributed by atoms with E-state index in [0.29, 0.717) is 5.56 Å². The quantitative estimate of drug-likeness (QED) is 0.668. The van der Waals surface area contributed by atoms with E-state index >= 15 is 0 Å². The molecule has 0 amide bonds. The Morgan fingerprint density at radius 2 is 2.33 bits per heavy atom. The van der Waals surface area contributed by atoms with Crippen molar-refractivity contribution in [2.24, 2.45) is 0 Å². The first-order valence-corrected chi connectivity index (χ1v) is 4.35. The van der Waals surface area contributed by atoms with Crippen molar-refractivity contribution in [1.82, 2.24) is 9.38 Å². The minimum Gasteiger partial charge on any atom is -0.463 e. The van der Waals surface area contributed by atoms with Crippen LogP contribution in [0.4, 0.5) is 4.39 Å². The van der Waals surface area contributed by atoms with Gasteiger partial charge in [0.25, 0.3) is 0 Å². The summed E-state index contributed by atoms with van der Waals surface area (Å²) < 4.78 is 19.3. The molecule has 0 bridgehead atoms. The smallest absolute Gasteiger partial charge is 0.374 e. The van der Waals surface area contributed by atoms with Crippen molar-refractivity contribution >= 4 is 11.5 Å².